The highest BCUT2D eigenvalue weighted by Gasteiger charge is 2.17. The van der Waals surface area contributed by atoms with E-state index in [0.29, 0.717) is 16.3 Å². The molecule has 1 aromatic carbocycles. The number of hydrogen-bond acceptors (Lipinski definition) is 4. The number of carbonyl (C=O) groups is 1. The van der Waals surface area contributed by atoms with Crippen molar-refractivity contribution in [1.29, 1.82) is 0 Å². The van der Waals surface area contributed by atoms with Crippen molar-refractivity contribution in [3.8, 4) is 0 Å². The molecule has 3 N–H and O–H groups in total. The van der Waals surface area contributed by atoms with Gasteiger partial charge in [0, 0.05) is 16.0 Å². The Labute approximate surface area is 132 Å². The molecule has 1 amide bonds. The first-order valence-corrected chi connectivity index (χ1v) is 8.06. The molecule has 0 saturated carbocycles. The second kappa shape index (κ2) is 5.91. The second-order valence-corrected chi connectivity index (χ2v) is 6.52. The van der Waals surface area contributed by atoms with Gasteiger partial charge < -0.3 is 5.73 Å². The van der Waals surface area contributed by atoms with Crippen LogP contribution in [0.4, 0.5) is 5.13 Å². The second-order valence-electron chi connectivity index (χ2n) is 5.00. The van der Waals surface area contributed by atoms with E-state index in [0.717, 1.165) is 18.5 Å². The Hall–Kier alpha value is -1.79. The van der Waals surface area contributed by atoms with Gasteiger partial charge in [-0.25, -0.2) is 4.98 Å². The van der Waals surface area contributed by atoms with Crippen molar-refractivity contribution in [2.45, 2.75) is 25.7 Å². The highest BCUT2D eigenvalue weighted by Crippen LogP contribution is 2.29. The molecular weight excluding hydrogens is 302 g/mol. The Kier molecular flexibility index (Phi) is 3.98. The first-order chi connectivity index (χ1) is 10.1. The van der Waals surface area contributed by atoms with Crippen molar-refractivity contribution >= 4 is 39.6 Å². The fourth-order valence-electron chi connectivity index (χ4n) is 2.39. The van der Waals surface area contributed by atoms with Crippen molar-refractivity contribution < 1.29 is 4.79 Å². The zero-order valence-corrected chi connectivity index (χ0v) is 13.0. The molecule has 1 aliphatic rings. The third-order valence-electron chi connectivity index (χ3n) is 3.48. The van der Waals surface area contributed by atoms with Crippen LogP contribution in [-0.4, -0.2) is 15.9 Å². The number of thiocarbonyl (C=S) groups is 1. The Morgan fingerprint density at radius 2 is 2.05 bits per heavy atom. The van der Waals surface area contributed by atoms with Crippen LogP contribution in [0.1, 0.15) is 39.3 Å². The number of carbonyl (C=O) groups excluding carboxylic acids is 1. The van der Waals surface area contributed by atoms with Crippen LogP contribution < -0.4 is 11.1 Å². The van der Waals surface area contributed by atoms with Crippen LogP contribution in [0.5, 0.6) is 0 Å². The van der Waals surface area contributed by atoms with E-state index >= 15 is 0 Å². The molecule has 1 aromatic heterocycles. The van der Waals surface area contributed by atoms with Crippen molar-refractivity contribution in [3.63, 3.8) is 0 Å². The smallest absolute Gasteiger partial charge is 0.257 e. The lowest BCUT2D eigenvalue weighted by molar-refractivity contribution is 0.102. The molecule has 6 heteroatoms. The van der Waals surface area contributed by atoms with Gasteiger partial charge in [-0.15, -0.1) is 11.3 Å². The third-order valence-corrected chi connectivity index (χ3v) is 4.78. The molecule has 3 rings (SSSR count). The van der Waals surface area contributed by atoms with Gasteiger partial charge in [0.2, 0.25) is 0 Å². The van der Waals surface area contributed by atoms with Crippen molar-refractivity contribution in [3.05, 3.63) is 46.0 Å². The average molecular weight is 317 g/mol. The molecule has 0 fully saturated rings. The van der Waals surface area contributed by atoms with E-state index in [9.17, 15) is 4.79 Å². The average Bonchev–Trinajstić information content (AvgIpc) is 2.89. The van der Waals surface area contributed by atoms with Gasteiger partial charge in [-0.05, 0) is 37.8 Å². The summed E-state index contributed by atoms with van der Waals surface area (Å²) in [5, 5.41) is 3.54. The Morgan fingerprint density at radius 3 is 2.81 bits per heavy atom. The molecule has 21 heavy (non-hydrogen) atoms. The molecule has 0 atom stereocenters. The molecular formula is C15H15N3OS2. The quantitative estimate of drug-likeness (QED) is 0.854. The van der Waals surface area contributed by atoms with Gasteiger partial charge in [-0.3, -0.25) is 10.1 Å². The van der Waals surface area contributed by atoms with E-state index in [1.807, 2.05) is 0 Å². The molecule has 4 nitrogen and oxygen atoms in total. The van der Waals surface area contributed by atoms with Crippen LogP contribution in [0, 0.1) is 0 Å². The fraction of sp³-hybridized carbons (Fsp3) is 0.267. The van der Waals surface area contributed by atoms with E-state index in [1.165, 1.54) is 17.7 Å². The summed E-state index contributed by atoms with van der Waals surface area (Å²) >= 11 is 6.51. The summed E-state index contributed by atoms with van der Waals surface area (Å²) in [6.07, 6.45) is 4.47. The number of nitrogens with one attached hydrogen (secondary N) is 1. The van der Waals surface area contributed by atoms with Gasteiger partial charge >= 0.3 is 0 Å². The van der Waals surface area contributed by atoms with Crippen LogP contribution in [0.15, 0.2) is 24.3 Å². The Morgan fingerprint density at radius 1 is 1.29 bits per heavy atom. The van der Waals surface area contributed by atoms with Gasteiger partial charge in [-0.1, -0.05) is 24.4 Å². The van der Waals surface area contributed by atoms with Gasteiger partial charge in [-0.2, -0.15) is 0 Å². The van der Waals surface area contributed by atoms with E-state index in [1.54, 1.807) is 35.6 Å². The summed E-state index contributed by atoms with van der Waals surface area (Å²) in [4.78, 5) is 18.4. The number of amides is 1. The minimum atomic E-state index is -0.181. The summed E-state index contributed by atoms with van der Waals surface area (Å²) in [5.74, 6) is -0.181. The number of rotatable bonds is 3. The minimum Gasteiger partial charge on any atom is -0.389 e. The normalized spacial score (nSPS) is 13.5. The Balaban J connectivity index is 1.78. The molecule has 108 valence electrons. The summed E-state index contributed by atoms with van der Waals surface area (Å²) in [6, 6.07) is 7.01. The Bertz CT molecular complexity index is 685. The number of thiazole rings is 1. The van der Waals surface area contributed by atoms with Crippen LogP contribution in [0.25, 0.3) is 0 Å². The summed E-state index contributed by atoms with van der Waals surface area (Å²) in [7, 11) is 0. The maximum absolute atomic E-state index is 12.3. The predicted molar refractivity (Wildman–Crippen MR) is 89.0 cm³/mol. The highest BCUT2D eigenvalue weighted by atomic mass is 32.1. The number of nitrogens with zero attached hydrogens (tertiary/aromatic N) is 1. The van der Waals surface area contributed by atoms with Crippen LogP contribution in [-0.2, 0) is 12.8 Å². The largest absolute Gasteiger partial charge is 0.389 e. The fourth-order valence-corrected chi connectivity index (χ4v) is 3.56. The maximum Gasteiger partial charge on any atom is 0.257 e. The molecule has 0 bridgehead atoms. The number of fused-ring (bicyclic) bond motifs is 1. The number of aromatic nitrogens is 1. The summed E-state index contributed by atoms with van der Waals surface area (Å²) in [6.45, 7) is 0. The standard InChI is InChI=1S/C15H15N3OS2/c16-13(20)9-4-3-5-10(8-9)14(19)18-15-17-11-6-1-2-7-12(11)21-15/h3-5,8H,1-2,6-7H2,(H2,16,20)(H,17,18,19). The molecule has 0 aliphatic heterocycles. The first kappa shape index (κ1) is 14.2. The van der Waals surface area contributed by atoms with E-state index in [2.05, 4.69) is 10.3 Å². The predicted octanol–water partition coefficient (Wildman–Crippen LogP) is 2.91. The van der Waals surface area contributed by atoms with Gasteiger partial charge in [0.15, 0.2) is 5.13 Å². The van der Waals surface area contributed by atoms with Crippen LogP contribution in [0.3, 0.4) is 0 Å². The number of hydrogen-bond donors (Lipinski definition) is 2. The minimum absolute atomic E-state index is 0.181. The molecule has 1 heterocycles. The molecule has 0 radical (unpaired) electrons. The topological polar surface area (TPSA) is 68.0 Å². The SMILES string of the molecule is NC(=S)c1cccc(C(=O)Nc2nc3c(s2)CCCC3)c1. The van der Waals surface area contributed by atoms with Crippen molar-refractivity contribution in [1.82, 2.24) is 4.98 Å². The lowest BCUT2D eigenvalue weighted by atomic mass is 10.0. The summed E-state index contributed by atoms with van der Waals surface area (Å²) < 4.78 is 0. The molecule has 0 spiro atoms. The zero-order valence-electron chi connectivity index (χ0n) is 11.4. The van der Waals surface area contributed by atoms with Crippen molar-refractivity contribution in [2.75, 3.05) is 5.32 Å². The maximum atomic E-state index is 12.3. The van der Waals surface area contributed by atoms with Gasteiger partial charge in [0.25, 0.3) is 5.91 Å². The third kappa shape index (κ3) is 3.11. The molecule has 1 aliphatic carbocycles. The van der Waals surface area contributed by atoms with Gasteiger partial charge in [0.1, 0.15) is 4.99 Å². The lowest BCUT2D eigenvalue weighted by Crippen LogP contribution is -2.14. The number of benzene rings is 1. The van der Waals surface area contributed by atoms with Crippen molar-refractivity contribution in [2.24, 2.45) is 5.73 Å². The number of aryl methyl sites for hydroxylation is 2. The molecule has 0 saturated heterocycles. The van der Waals surface area contributed by atoms with E-state index in [4.69, 9.17) is 18.0 Å². The van der Waals surface area contributed by atoms with E-state index < -0.39 is 0 Å². The molecule has 0 unspecified atom stereocenters. The monoisotopic (exact) mass is 317 g/mol. The highest BCUT2D eigenvalue weighted by molar-refractivity contribution is 7.80. The van der Waals surface area contributed by atoms with Crippen LogP contribution >= 0.6 is 23.6 Å². The van der Waals surface area contributed by atoms with E-state index in [-0.39, 0.29) is 10.9 Å². The first-order valence-electron chi connectivity index (χ1n) is 6.83. The molecule has 2 aromatic rings. The number of anilines is 1. The summed E-state index contributed by atoms with van der Waals surface area (Å²) in [5.41, 5.74) is 7.95. The van der Waals surface area contributed by atoms with Gasteiger partial charge in [0.05, 0.1) is 5.69 Å². The number of nitrogens with two attached hydrogens (primary N) is 1. The lowest BCUT2D eigenvalue weighted by Gasteiger charge is -2.06. The van der Waals surface area contributed by atoms with Crippen LogP contribution in [0.2, 0.25) is 0 Å². The zero-order chi connectivity index (χ0) is 14.8.